The molecule has 0 amide bonds. The number of aryl methyl sites for hydroxylation is 1. The van der Waals surface area contributed by atoms with Crippen LogP contribution in [0.4, 0.5) is 13.2 Å². The number of nitrogens with one attached hydrogen (secondary N) is 1. The van der Waals surface area contributed by atoms with Crippen LogP contribution in [0.15, 0.2) is 4.90 Å². The molecule has 0 unspecified atom stereocenters. The second kappa shape index (κ2) is 4.86. The van der Waals surface area contributed by atoms with Crippen LogP contribution in [0.3, 0.4) is 0 Å². The number of rotatable bonds is 4. The van der Waals surface area contributed by atoms with Crippen molar-refractivity contribution in [1.82, 2.24) is 14.5 Å². The third kappa shape index (κ3) is 3.00. The molecule has 1 rings (SSSR count). The average molecular weight is 286 g/mol. The molecule has 0 saturated heterocycles. The van der Waals surface area contributed by atoms with Crippen molar-refractivity contribution in [2.24, 2.45) is 5.73 Å². The Morgan fingerprint density at radius 2 is 2.00 bits per heavy atom. The lowest BCUT2D eigenvalue weighted by Gasteiger charge is -2.19. The smallest absolute Gasteiger partial charge is 0.325 e. The minimum Gasteiger partial charge on any atom is -0.325 e. The SMILES string of the molecule is Cc1[nH]nc(CN)c1S(=O)(=O)N(C)CC(F)(F)F. The van der Waals surface area contributed by atoms with Crippen LogP contribution >= 0.6 is 0 Å². The van der Waals surface area contributed by atoms with Crippen molar-refractivity contribution < 1.29 is 21.6 Å². The summed E-state index contributed by atoms with van der Waals surface area (Å²) < 4.78 is 60.8. The Labute approximate surface area is 102 Å². The number of alkyl halides is 3. The number of nitrogens with two attached hydrogens (primary N) is 1. The minimum absolute atomic E-state index is 0.0153. The first kappa shape index (κ1) is 14.9. The van der Waals surface area contributed by atoms with Crippen molar-refractivity contribution in [3.05, 3.63) is 11.4 Å². The third-order valence-electron chi connectivity index (χ3n) is 2.22. The second-order valence-electron chi connectivity index (χ2n) is 3.70. The number of hydrogen-bond donors (Lipinski definition) is 2. The summed E-state index contributed by atoms with van der Waals surface area (Å²) in [5.41, 5.74) is 5.47. The van der Waals surface area contributed by atoms with Crippen molar-refractivity contribution in [2.75, 3.05) is 13.6 Å². The number of halogens is 3. The number of aromatic nitrogens is 2. The van der Waals surface area contributed by atoms with E-state index in [0.717, 1.165) is 7.05 Å². The van der Waals surface area contributed by atoms with Crippen LogP contribution in [-0.4, -0.2) is 42.7 Å². The molecule has 3 N–H and O–H groups in total. The van der Waals surface area contributed by atoms with E-state index in [4.69, 9.17) is 5.73 Å². The molecule has 18 heavy (non-hydrogen) atoms. The standard InChI is InChI=1S/C8H13F3N4O2S/c1-5-7(6(3-12)14-13-5)18(16,17)15(2)4-8(9,10)11/h3-4,12H2,1-2H3,(H,13,14). The zero-order valence-electron chi connectivity index (χ0n) is 9.74. The van der Waals surface area contributed by atoms with Crippen molar-refractivity contribution in [2.45, 2.75) is 24.5 Å². The lowest BCUT2D eigenvalue weighted by molar-refractivity contribution is -0.134. The van der Waals surface area contributed by atoms with E-state index in [1.807, 2.05) is 0 Å². The van der Waals surface area contributed by atoms with Gasteiger partial charge in [0.1, 0.15) is 11.4 Å². The number of aromatic amines is 1. The summed E-state index contributed by atoms with van der Waals surface area (Å²) in [5, 5.41) is 6.04. The highest BCUT2D eigenvalue weighted by Gasteiger charge is 2.36. The first-order valence-corrected chi connectivity index (χ1v) is 6.30. The summed E-state index contributed by atoms with van der Waals surface area (Å²) >= 11 is 0. The van der Waals surface area contributed by atoms with Crippen molar-refractivity contribution >= 4 is 10.0 Å². The maximum absolute atomic E-state index is 12.2. The molecule has 0 fully saturated rings. The molecule has 0 aliphatic heterocycles. The quantitative estimate of drug-likeness (QED) is 0.836. The molecule has 104 valence electrons. The molecule has 1 heterocycles. The molecule has 0 aliphatic rings. The fourth-order valence-corrected chi connectivity index (χ4v) is 2.93. The topological polar surface area (TPSA) is 92.1 Å². The van der Waals surface area contributed by atoms with Gasteiger partial charge in [0.15, 0.2) is 0 Å². The summed E-state index contributed by atoms with van der Waals surface area (Å²) in [6.07, 6.45) is -4.61. The van der Waals surface area contributed by atoms with Gasteiger partial charge >= 0.3 is 6.18 Å². The van der Waals surface area contributed by atoms with Gasteiger partial charge < -0.3 is 5.73 Å². The molecule has 0 saturated carbocycles. The van der Waals surface area contributed by atoms with E-state index >= 15 is 0 Å². The fourth-order valence-electron chi connectivity index (χ4n) is 1.44. The van der Waals surface area contributed by atoms with E-state index in [1.54, 1.807) is 0 Å². The zero-order valence-corrected chi connectivity index (χ0v) is 10.6. The Kier molecular flexibility index (Phi) is 4.03. The molecule has 0 atom stereocenters. The predicted molar refractivity (Wildman–Crippen MR) is 57.1 cm³/mol. The van der Waals surface area contributed by atoms with E-state index in [-0.39, 0.29) is 27.1 Å². The van der Waals surface area contributed by atoms with Gasteiger partial charge in [0.05, 0.1) is 11.4 Å². The molecule has 10 heteroatoms. The Hall–Kier alpha value is -1.13. The Morgan fingerprint density at radius 1 is 1.44 bits per heavy atom. The van der Waals surface area contributed by atoms with Gasteiger partial charge in [-0.25, -0.2) is 8.42 Å². The van der Waals surface area contributed by atoms with Crippen LogP contribution in [0.1, 0.15) is 11.4 Å². The molecule has 0 aliphatic carbocycles. The predicted octanol–water partition coefficient (Wildman–Crippen LogP) is 0.360. The van der Waals surface area contributed by atoms with Gasteiger partial charge in [-0.05, 0) is 6.92 Å². The number of hydrogen-bond acceptors (Lipinski definition) is 4. The first-order chi connectivity index (χ1) is 8.09. The van der Waals surface area contributed by atoms with Gasteiger partial charge in [-0.3, -0.25) is 5.10 Å². The molecule has 6 nitrogen and oxygen atoms in total. The van der Waals surface area contributed by atoms with Crippen LogP contribution in [0.5, 0.6) is 0 Å². The van der Waals surface area contributed by atoms with Gasteiger partial charge in [0.2, 0.25) is 10.0 Å². The van der Waals surface area contributed by atoms with E-state index in [1.165, 1.54) is 6.92 Å². The van der Waals surface area contributed by atoms with Crippen LogP contribution in [0.2, 0.25) is 0 Å². The second-order valence-corrected chi connectivity index (χ2v) is 5.69. The lowest BCUT2D eigenvalue weighted by Crippen LogP contribution is -2.36. The summed E-state index contributed by atoms with van der Waals surface area (Å²) in [6, 6.07) is 0. The van der Waals surface area contributed by atoms with E-state index in [9.17, 15) is 21.6 Å². The number of H-pyrrole nitrogens is 1. The minimum atomic E-state index is -4.61. The maximum Gasteiger partial charge on any atom is 0.402 e. The highest BCUT2D eigenvalue weighted by Crippen LogP contribution is 2.24. The van der Waals surface area contributed by atoms with Gasteiger partial charge in [-0.1, -0.05) is 0 Å². The van der Waals surface area contributed by atoms with Crippen LogP contribution in [0.25, 0.3) is 0 Å². The van der Waals surface area contributed by atoms with Crippen molar-refractivity contribution in [3.8, 4) is 0 Å². The fraction of sp³-hybridized carbons (Fsp3) is 0.625. The molecule has 0 radical (unpaired) electrons. The average Bonchev–Trinajstić information content (AvgIpc) is 2.57. The molecule has 1 aromatic rings. The zero-order chi connectivity index (χ0) is 14.1. The molecule has 0 spiro atoms. The first-order valence-electron chi connectivity index (χ1n) is 4.86. The number of sulfonamides is 1. The van der Waals surface area contributed by atoms with Gasteiger partial charge in [-0.15, -0.1) is 0 Å². The van der Waals surface area contributed by atoms with E-state index < -0.39 is 22.7 Å². The van der Waals surface area contributed by atoms with Gasteiger partial charge in [-0.2, -0.15) is 22.6 Å². The normalized spacial score (nSPS) is 13.3. The molecular weight excluding hydrogens is 273 g/mol. The monoisotopic (exact) mass is 286 g/mol. The molecular formula is C8H13F3N4O2S. The summed E-state index contributed by atoms with van der Waals surface area (Å²) in [6.45, 7) is -0.344. The maximum atomic E-state index is 12.2. The highest BCUT2D eigenvalue weighted by atomic mass is 32.2. The number of nitrogens with zero attached hydrogens (tertiary/aromatic N) is 2. The summed E-state index contributed by atoms with van der Waals surface area (Å²) in [4.78, 5) is -0.295. The van der Waals surface area contributed by atoms with Gasteiger partial charge in [0, 0.05) is 13.6 Å². The molecule has 1 aromatic heterocycles. The van der Waals surface area contributed by atoms with Crippen molar-refractivity contribution in [1.29, 1.82) is 0 Å². The molecule has 0 aromatic carbocycles. The van der Waals surface area contributed by atoms with Crippen LogP contribution in [-0.2, 0) is 16.6 Å². The largest absolute Gasteiger partial charge is 0.402 e. The van der Waals surface area contributed by atoms with Gasteiger partial charge in [0.25, 0.3) is 0 Å². The highest BCUT2D eigenvalue weighted by molar-refractivity contribution is 7.89. The Morgan fingerprint density at radius 3 is 2.44 bits per heavy atom. The van der Waals surface area contributed by atoms with Crippen LogP contribution in [0, 0.1) is 6.92 Å². The van der Waals surface area contributed by atoms with E-state index in [0.29, 0.717) is 0 Å². The summed E-state index contributed by atoms with van der Waals surface area (Å²) in [5.74, 6) is 0. The van der Waals surface area contributed by atoms with Crippen LogP contribution < -0.4 is 5.73 Å². The Bertz CT molecular complexity index is 523. The molecule has 0 bridgehead atoms. The Balaban J connectivity index is 3.17. The lowest BCUT2D eigenvalue weighted by atomic mass is 10.4. The van der Waals surface area contributed by atoms with Crippen molar-refractivity contribution in [3.63, 3.8) is 0 Å². The third-order valence-corrected chi connectivity index (χ3v) is 4.23. The summed E-state index contributed by atoms with van der Waals surface area (Å²) in [7, 11) is -3.41. The van der Waals surface area contributed by atoms with E-state index in [2.05, 4.69) is 10.2 Å².